The first-order valence-electron chi connectivity index (χ1n) is 7.93. The molecule has 0 bridgehead atoms. The van der Waals surface area contributed by atoms with Crippen LogP contribution in [0.2, 0.25) is 0 Å². The Bertz CT molecular complexity index is 693. The van der Waals surface area contributed by atoms with Crippen molar-refractivity contribution in [3.63, 3.8) is 0 Å². The highest BCUT2D eigenvalue weighted by molar-refractivity contribution is 7.17. The molecule has 9 heteroatoms. The molecule has 1 unspecified atom stereocenters. The SMILES string of the molecule is CCC(CO)NC(=O)C(=O)Nc1sc2c(c1C(=O)O)CC(C)(C)OC2. The molecule has 8 nitrogen and oxygen atoms in total. The van der Waals surface area contributed by atoms with E-state index in [4.69, 9.17) is 9.84 Å². The fraction of sp³-hybridized carbons (Fsp3) is 0.562. The number of carboxylic acid groups (broad SMARTS) is 1. The van der Waals surface area contributed by atoms with Crippen LogP contribution in [0.15, 0.2) is 0 Å². The highest BCUT2D eigenvalue weighted by atomic mass is 32.1. The number of thiophene rings is 1. The Balaban J connectivity index is 2.23. The van der Waals surface area contributed by atoms with Crippen LogP contribution >= 0.6 is 11.3 Å². The summed E-state index contributed by atoms with van der Waals surface area (Å²) in [6.45, 7) is 5.47. The van der Waals surface area contributed by atoms with Crippen molar-refractivity contribution in [3.05, 3.63) is 16.0 Å². The second-order valence-electron chi connectivity index (χ2n) is 6.45. The predicted octanol–water partition coefficient (Wildman–Crippen LogP) is 1.12. The Kier molecular flexibility index (Phi) is 5.81. The van der Waals surface area contributed by atoms with Crippen molar-refractivity contribution < 1.29 is 29.3 Å². The average molecular weight is 370 g/mol. The van der Waals surface area contributed by atoms with E-state index in [9.17, 15) is 19.5 Å². The normalized spacial score (nSPS) is 16.6. The zero-order chi connectivity index (χ0) is 18.8. The molecule has 1 aromatic rings. The monoisotopic (exact) mass is 370 g/mol. The van der Waals surface area contributed by atoms with Crippen molar-refractivity contribution in [3.8, 4) is 0 Å². The van der Waals surface area contributed by atoms with E-state index in [-0.39, 0.29) is 23.8 Å². The first kappa shape index (κ1) is 19.4. The molecule has 2 rings (SSSR count). The van der Waals surface area contributed by atoms with Gasteiger partial charge in [0, 0.05) is 11.3 Å². The third-order valence-corrected chi connectivity index (χ3v) is 5.10. The number of aliphatic hydroxyl groups is 1. The van der Waals surface area contributed by atoms with Gasteiger partial charge in [-0.05, 0) is 25.8 Å². The Morgan fingerprint density at radius 1 is 1.32 bits per heavy atom. The van der Waals surface area contributed by atoms with Crippen LogP contribution in [0.3, 0.4) is 0 Å². The van der Waals surface area contributed by atoms with E-state index in [1.54, 1.807) is 6.92 Å². The second-order valence-corrected chi connectivity index (χ2v) is 7.56. The van der Waals surface area contributed by atoms with Gasteiger partial charge >= 0.3 is 17.8 Å². The van der Waals surface area contributed by atoms with Crippen LogP contribution < -0.4 is 10.6 Å². The number of hydrogen-bond donors (Lipinski definition) is 4. The zero-order valence-electron chi connectivity index (χ0n) is 14.3. The lowest BCUT2D eigenvalue weighted by Gasteiger charge is -2.30. The lowest BCUT2D eigenvalue weighted by molar-refractivity contribution is -0.136. The van der Waals surface area contributed by atoms with Crippen molar-refractivity contribution in [2.75, 3.05) is 11.9 Å². The molecule has 1 aliphatic heterocycles. The molecule has 0 aliphatic carbocycles. The molecule has 25 heavy (non-hydrogen) atoms. The lowest BCUT2D eigenvalue weighted by Crippen LogP contribution is -2.43. The summed E-state index contributed by atoms with van der Waals surface area (Å²) in [6.07, 6.45) is 0.876. The molecule has 1 aliphatic rings. The summed E-state index contributed by atoms with van der Waals surface area (Å²) >= 11 is 1.10. The van der Waals surface area contributed by atoms with Crippen LogP contribution in [0, 0.1) is 0 Å². The van der Waals surface area contributed by atoms with E-state index in [0.29, 0.717) is 18.4 Å². The Hall–Kier alpha value is -1.97. The molecule has 2 heterocycles. The van der Waals surface area contributed by atoms with Gasteiger partial charge in [-0.1, -0.05) is 6.92 Å². The molecule has 0 saturated heterocycles. The molecule has 0 radical (unpaired) electrons. The van der Waals surface area contributed by atoms with Crippen molar-refractivity contribution in [2.24, 2.45) is 0 Å². The van der Waals surface area contributed by atoms with E-state index >= 15 is 0 Å². The lowest BCUT2D eigenvalue weighted by atomic mass is 9.93. The van der Waals surface area contributed by atoms with Gasteiger partial charge in [0.15, 0.2) is 0 Å². The molecular weight excluding hydrogens is 348 g/mol. The van der Waals surface area contributed by atoms with Gasteiger partial charge in [-0.25, -0.2) is 4.79 Å². The third kappa shape index (κ3) is 4.36. The molecule has 0 fully saturated rings. The number of rotatable bonds is 5. The largest absolute Gasteiger partial charge is 0.478 e. The predicted molar refractivity (Wildman–Crippen MR) is 91.8 cm³/mol. The molecule has 0 spiro atoms. The standard InChI is InChI=1S/C16H22N2O6S/c1-4-8(6-19)17-12(20)13(21)18-14-11(15(22)23)9-5-16(2,3)24-7-10(9)25-14/h8,19H,4-7H2,1-3H3,(H,17,20)(H,18,21)(H,22,23). The number of carboxylic acids is 1. The first-order chi connectivity index (χ1) is 11.7. The zero-order valence-corrected chi connectivity index (χ0v) is 15.2. The van der Waals surface area contributed by atoms with E-state index in [0.717, 1.165) is 16.2 Å². The van der Waals surface area contributed by atoms with Crippen LogP contribution in [-0.2, 0) is 27.4 Å². The van der Waals surface area contributed by atoms with Crippen molar-refractivity contribution in [1.82, 2.24) is 5.32 Å². The summed E-state index contributed by atoms with van der Waals surface area (Å²) in [4.78, 5) is 36.4. The number of fused-ring (bicyclic) bond motifs is 1. The van der Waals surface area contributed by atoms with Crippen LogP contribution in [0.4, 0.5) is 5.00 Å². The molecule has 0 saturated carbocycles. The third-order valence-electron chi connectivity index (χ3n) is 3.98. The maximum absolute atomic E-state index is 12.1. The summed E-state index contributed by atoms with van der Waals surface area (Å²) in [7, 11) is 0. The number of aromatic carboxylic acids is 1. The van der Waals surface area contributed by atoms with Gasteiger partial charge in [-0.3, -0.25) is 9.59 Å². The molecule has 138 valence electrons. The van der Waals surface area contributed by atoms with E-state index in [2.05, 4.69) is 10.6 Å². The number of amides is 2. The van der Waals surface area contributed by atoms with Gasteiger partial charge in [0.2, 0.25) is 0 Å². The number of hydrogen-bond acceptors (Lipinski definition) is 6. The Morgan fingerprint density at radius 2 is 2.00 bits per heavy atom. The summed E-state index contributed by atoms with van der Waals surface area (Å²) in [5.74, 6) is -3.04. The molecule has 4 N–H and O–H groups in total. The fourth-order valence-electron chi connectivity index (χ4n) is 2.56. The van der Waals surface area contributed by atoms with Crippen LogP contribution in [0.5, 0.6) is 0 Å². The van der Waals surface area contributed by atoms with Crippen molar-refractivity contribution in [2.45, 2.75) is 51.9 Å². The fourth-order valence-corrected chi connectivity index (χ4v) is 3.67. The van der Waals surface area contributed by atoms with Crippen molar-refractivity contribution in [1.29, 1.82) is 0 Å². The number of carbonyl (C=O) groups excluding carboxylic acids is 2. The van der Waals surface area contributed by atoms with Crippen LogP contribution in [0.1, 0.15) is 48.0 Å². The highest BCUT2D eigenvalue weighted by Crippen LogP contribution is 2.40. The quantitative estimate of drug-likeness (QED) is 0.576. The first-order valence-corrected chi connectivity index (χ1v) is 8.74. The van der Waals surface area contributed by atoms with Gasteiger partial charge < -0.3 is 25.6 Å². The number of ether oxygens (including phenoxy) is 1. The minimum absolute atomic E-state index is 0.00623. The summed E-state index contributed by atoms with van der Waals surface area (Å²) in [6, 6.07) is -0.525. The van der Waals surface area contributed by atoms with E-state index < -0.39 is 29.4 Å². The second kappa shape index (κ2) is 7.51. The van der Waals surface area contributed by atoms with Gasteiger partial charge in [-0.15, -0.1) is 11.3 Å². The molecule has 0 aromatic carbocycles. The van der Waals surface area contributed by atoms with E-state index in [1.165, 1.54) is 0 Å². The highest BCUT2D eigenvalue weighted by Gasteiger charge is 2.34. The van der Waals surface area contributed by atoms with Crippen molar-refractivity contribution >= 4 is 34.1 Å². The minimum atomic E-state index is -1.16. The average Bonchev–Trinajstić information content (AvgIpc) is 2.88. The number of aliphatic hydroxyl groups excluding tert-OH is 1. The molecule has 1 atom stereocenters. The number of anilines is 1. The van der Waals surface area contributed by atoms with Gasteiger partial charge in [0.1, 0.15) is 5.00 Å². The maximum Gasteiger partial charge on any atom is 0.339 e. The molecule has 2 amide bonds. The molecule has 1 aromatic heterocycles. The summed E-state index contributed by atoms with van der Waals surface area (Å²) in [5.41, 5.74) is 0.143. The van der Waals surface area contributed by atoms with Crippen LogP contribution in [-0.4, -0.2) is 46.2 Å². The van der Waals surface area contributed by atoms with Gasteiger partial charge in [-0.2, -0.15) is 0 Å². The summed E-state index contributed by atoms with van der Waals surface area (Å²) < 4.78 is 5.67. The van der Waals surface area contributed by atoms with Crippen LogP contribution in [0.25, 0.3) is 0 Å². The van der Waals surface area contributed by atoms with Gasteiger partial charge in [0.25, 0.3) is 0 Å². The minimum Gasteiger partial charge on any atom is -0.478 e. The maximum atomic E-state index is 12.1. The smallest absolute Gasteiger partial charge is 0.339 e. The van der Waals surface area contributed by atoms with E-state index in [1.807, 2.05) is 13.8 Å². The number of nitrogens with one attached hydrogen (secondary N) is 2. The molecular formula is C16H22N2O6S. The topological polar surface area (TPSA) is 125 Å². The summed E-state index contributed by atoms with van der Waals surface area (Å²) in [5, 5.41) is 23.5. The Labute approximate surface area is 149 Å². The van der Waals surface area contributed by atoms with Gasteiger partial charge in [0.05, 0.1) is 30.4 Å². The number of carbonyl (C=O) groups is 3. The Morgan fingerprint density at radius 3 is 2.56 bits per heavy atom.